The molecule has 1 aromatic rings. The Morgan fingerprint density at radius 2 is 2.00 bits per heavy atom. The Morgan fingerprint density at radius 1 is 1.22 bits per heavy atom. The molecule has 1 saturated heterocycles. The van der Waals surface area contributed by atoms with Gasteiger partial charge in [-0.25, -0.2) is 0 Å². The summed E-state index contributed by atoms with van der Waals surface area (Å²) in [6.07, 6.45) is 4.68. The summed E-state index contributed by atoms with van der Waals surface area (Å²) in [6.45, 7) is 1.95. The summed E-state index contributed by atoms with van der Waals surface area (Å²) < 4.78 is 1.11. The van der Waals surface area contributed by atoms with Gasteiger partial charge in [0.2, 0.25) is 5.91 Å². The molecule has 3 rings (SSSR count). The zero-order valence-corrected chi connectivity index (χ0v) is 12.0. The Balaban J connectivity index is 1.64. The van der Waals surface area contributed by atoms with Gasteiger partial charge in [0.1, 0.15) is 0 Å². The summed E-state index contributed by atoms with van der Waals surface area (Å²) in [5, 5.41) is 0. The SMILES string of the molecule is O=C([C@H]1C[C@@H]1c1cccc(Br)c1)N1CCCCC1. The van der Waals surface area contributed by atoms with Crippen LogP contribution in [0.2, 0.25) is 0 Å². The Kier molecular flexibility index (Phi) is 3.42. The first-order valence-corrected chi connectivity index (χ1v) is 7.59. The van der Waals surface area contributed by atoms with Crippen LogP contribution in [0.15, 0.2) is 28.7 Å². The summed E-state index contributed by atoms with van der Waals surface area (Å²) in [5.41, 5.74) is 1.31. The van der Waals surface area contributed by atoms with Crippen LogP contribution in [0.25, 0.3) is 0 Å². The van der Waals surface area contributed by atoms with E-state index in [1.54, 1.807) is 0 Å². The van der Waals surface area contributed by atoms with Gasteiger partial charge in [-0.2, -0.15) is 0 Å². The number of likely N-dealkylation sites (tertiary alicyclic amines) is 1. The highest BCUT2D eigenvalue weighted by Gasteiger charge is 2.45. The molecule has 1 aromatic carbocycles. The monoisotopic (exact) mass is 307 g/mol. The standard InChI is InChI=1S/C15H18BrNO/c16-12-6-4-5-11(9-12)13-10-14(13)15(18)17-7-2-1-3-8-17/h4-6,9,13-14H,1-3,7-8,10H2/t13-,14+/m1/s1. The highest BCUT2D eigenvalue weighted by Crippen LogP contribution is 2.49. The fraction of sp³-hybridized carbons (Fsp3) is 0.533. The molecule has 2 atom stereocenters. The number of hydrogen-bond acceptors (Lipinski definition) is 1. The van der Waals surface area contributed by atoms with E-state index in [0.29, 0.717) is 11.8 Å². The van der Waals surface area contributed by atoms with Crippen molar-refractivity contribution >= 4 is 21.8 Å². The molecule has 1 amide bonds. The molecule has 2 nitrogen and oxygen atoms in total. The Hall–Kier alpha value is -0.830. The molecule has 0 spiro atoms. The van der Waals surface area contributed by atoms with Crippen molar-refractivity contribution in [3.8, 4) is 0 Å². The molecule has 1 aliphatic heterocycles. The Labute approximate surface area is 116 Å². The first-order valence-electron chi connectivity index (χ1n) is 6.80. The number of carbonyl (C=O) groups excluding carboxylic acids is 1. The fourth-order valence-corrected chi connectivity index (χ4v) is 3.34. The summed E-state index contributed by atoms with van der Waals surface area (Å²) in [4.78, 5) is 14.4. The molecule has 3 heteroatoms. The molecule has 0 unspecified atom stereocenters. The second-order valence-corrected chi connectivity index (χ2v) is 6.31. The summed E-state index contributed by atoms with van der Waals surface area (Å²) in [7, 11) is 0. The van der Waals surface area contributed by atoms with Gasteiger partial charge in [-0.15, -0.1) is 0 Å². The molecule has 96 valence electrons. The van der Waals surface area contributed by atoms with Crippen molar-refractivity contribution < 1.29 is 4.79 Å². The number of carbonyl (C=O) groups is 1. The summed E-state index contributed by atoms with van der Waals surface area (Å²) in [5.74, 6) is 1.09. The zero-order valence-electron chi connectivity index (χ0n) is 10.4. The molecule has 1 aliphatic carbocycles. The second kappa shape index (κ2) is 5.04. The zero-order chi connectivity index (χ0) is 12.5. The van der Waals surface area contributed by atoms with Crippen molar-refractivity contribution in [1.29, 1.82) is 0 Å². The number of amides is 1. The highest BCUT2D eigenvalue weighted by atomic mass is 79.9. The lowest BCUT2D eigenvalue weighted by atomic mass is 10.1. The van der Waals surface area contributed by atoms with Gasteiger partial charge in [0, 0.05) is 23.5 Å². The number of nitrogens with zero attached hydrogens (tertiary/aromatic N) is 1. The quantitative estimate of drug-likeness (QED) is 0.818. The number of halogens is 1. The van der Waals surface area contributed by atoms with E-state index in [-0.39, 0.29) is 5.92 Å². The van der Waals surface area contributed by atoms with Crippen LogP contribution in [0.4, 0.5) is 0 Å². The predicted octanol–water partition coefficient (Wildman–Crippen LogP) is 3.57. The molecule has 1 heterocycles. The minimum atomic E-state index is 0.248. The van der Waals surface area contributed by atoms with Crippen LogP contribution in [0, 0.1) is 5.92 Å². The minimum absolute atomic E-state index is 0.248. The number of hydrogen-bond donors (Lipinski definition) is 0. The predicted molar refractivity (Wildman–Crippen MR) is 75.4 cm³/mol. The minimum Gasteiger partial charge on any atom is -0.342 e. The maximum absolute atomic E-state index is 12.3. The van der Waals surface area contributed by atoms with Crippen molar-refractivity contribution in [2.45, 2.75) is 31.6 Å². The number of piperidine rings is 1. The van der Waals surface area contributed by atoms with E-state index in [1.807, 2.05) is 6.07 Å². The molecule has 1 saturated carbocycles. The van der Waals surface area contributed by atoms with Crippen molar-refractivity contribution in [1.82, 2.24) is 4.90 Å². The summed E-state index contributed by atoms with van der Waals surface area (Å²) in [6, 6.07) is 8.38. The maximum atomic E-state index is 12.3. The molecule has 2 aliphatic rings. The van der Waals surface area contributed by atoms with E-state index in [2.05, 4.69) is 39.0 Å². The van der Waals surface area contributed by atoms with Crippen molar-refractivity contribution in [3.63, 3.8) is 0 Å². The Bertz CT molecular complexity index is 454. The van der Waals surface area contributed by atoms with Gasteiger partial charge >= 0.3 is 0 Å². The van der Waals surface area contributed by atoms with E-state index in [9.17, 15) is 4.79 Å². The molecule has 0 radical (unpaired) electrons. The van der Waals surface area contributed by atoms with E-state index >= 15 is 0 Å². The third kappa shape index (κ3) is 2.46. The molecule has 2 fully saturated rings. The first-order chi connectivity index (χ1) is 8.75. The van der Waals surface area contributed by atoms with Crippen LogP contribution < -0.4 is 0 Å². The van der Waals surface area contributed by atoms with Crippen LogP contribution in [0.5, 0.6) is 0 Å². The van der Waals surface area contributed by atoms with Crippen LogP contribution >= 0.6 is 15.9 Å². The number of benzene rings is 1. The first kappa shape index (κ1) is 12.2. The maximum Gasteiger partial charge on any atom is 0.226 e. The molecule has 0 N–H and O–H groups in total. The third-order valence-electron chi connectivity index (χ3n) is 4.05. The smallest absolute Gasteiger partial charge is 0.226 e. The highest BCUT2D eigenvalue weighted by molar-refractivity contribution is 9.10. The topological polar surface area (TPSA) is 20.3 Å². The van der Waals surface area contributed by atoms with E-state index < -0.39 is 0 Å². The lowest BCUT2D eigenvalue weighted by molar-refractivity contribution is -0.133. The summed E-state index contributed by atoms with van der Waals surface area (Å²) >= 11 is 3.50. The van der Waals surface area contributed by atoms with Crippen molar-refractivity contribution in [3.05, 3.63) is 34.3 Å². The van der Waals surface area contributed by atoms with Gasteiger partial charge in [-0.1, -0.05) is 28.1 Å². The molecule has 18 heavy (non-hydrogen) atoms. The second-order valence-electron chi connectivity index (χ2n) is 5.39. The molecule has 0 bridgehead atoms. The molecule has 0 aromatic heterocycles. The van der Waals surface area contributed by atoms with Gasteiger partial charge in [0.05, 0.1) is 0 Å². The van der Waals surface area contributed by atoms with Crippen molar-refractivity contribution in [2.24, 2.45) is 5.92 Å². The van der Waals surface area contributed by atoms with Crippen LogP contribution in [0.3, 0.4) is 0 Å². The fourth-order valence-electron chi connectivity index (χ4n) is 2.92. The van der Waals surface area contributed by atoms with Crippen LogP contribution in [-0.4, -0.2) is 23.9 Å². The normalized spacial score (nSPS) is 27.1. The molecular weight excluding hydrogens is 290 g/mol. The Morgan fingerprint density at radius 3 is 2.72 bits per heavy atom. The largest absolute Gasteiger partial charge is 0.342 e. The average molecular weight is 308 g/mol. The lowest BCUT2D eigenvalue weighted by Crippen LogP contribution is -2.36. The van der Waals surface area contributed by atoms with Crippen molar-refractivity contribution in [2.75, 3.05) is 13.1 Å². The third-order valence-corrected chi connectivity index (χ3v) is 4.55. The van der Waals surface area contributed by atoms with Crippen LogP contribution in [-0.2, 0) is 4.79 Å². The number of rotatable bonds is 2. The van der Waals surface area contributed by atoms with E-state index in [0.717, 1.165) is 24.0 Å². The van der Waals surface area contributed by atoms with E-state index in [1.165, 1.54) is 24.8 Å². The van der Waals surface area contributed by atoms with Gasteiger partial charge in [0.25, 0.3) is 0 Å². The average Bonchev–Trinajstić information content (AvgIpc) is 3.19. The van der Waals surface area contributed by atoms with E-state index in [4.69, 9.17) is 0 Å². The van der Waals surface area contributed by atoms with Gasteiger partial charge in [-0.05, 0) is 49.3 Å². The van der Waals surface area contributed by atoms with Gasteiger partial charge < -0.3 is 4.90 Å². The van der Waals surface area contributed by atoms with Gasteiger partial charge in [0.15, 0.2) is 0 Å². The lowest BCUT2D eigenvalue weighted by Gasteiger charge is -2.26. The van der Waals surface area contributed by atoms with Crippen LogP contribution in [0.1, 0.15) is 37.2 Å². The van der Waals surface area contributed by atoms with Gasteiger partial charge in [-0.3, -0.25) is 4.79 Å². The molecular formula is C15H18BrNO.